The normalized spacial score (nSPS) is 11.6. The first kappa shape index (κ1) is 23.6. The summed E-state index contributed by atoms with van der Waals surface area (Å²) in [4.78, 5) is 0. The monoisotopic (exact) mass is 344 g/mol. The molecule has 0 aromatic heterocycles. The second kappa shape index (κ2) is 22.6. The van der Waals surface area contributed by atoms with E-state index in [9.17, 15) is 0 Å². The van der Waals surface area contributed by atoms with Crippen molar-refractivity contribution in [2.24, 2.45) is 0 Å². The molecular formula is C20H40O4. The summed E-state index contributed by atoms with van der Waals surface area (Å²) in [6.07, 6.45) is 16.5. The molecule has 4 nitrogen and oxygen atoms in total. The van der Waals surface area contributed by atoms with Crippen molar-refractivity contribution in [3.63, 3.8) is 0 Å². The molecular weight excluding hydrogens is 304 g/mol. The number of hydrogen-bond acceptors (Lipinski definition) is 4. The minimum absolute atomic E-state index is 0.375. The van der Waals surface area contributed by atoms with E-state index >= 15 is 0 Å². The zero-order chi connectivity index (χ0) is 17.6. The lowest BCUT2D eigenvalue weighted by atomic mass is 10.2. The third-order valence-electron chi connectivity index (χ3n) is 3.71. The molecule has 0 radical (unpaired) electrons. The first-order valence-electron chi connectivity index (χ1n) is 9.87. The quantitative estimate of drug-likeness (QED) is 0.167. The second-order valence-corrected chi connectivity index (χ2v) is 6.09. The van der Waals surface area contributed by atoms with Crippen LogP contribution >= 0.6 is 0 Å². The Morgan fingerprint density at radius 2 is 0.917 bits per heavy atom. The third kappa shape index (κ3) is 21.6. The van der Waals surface area contributed by atoms with Crippen molar-refractivity contribution in [1.82, 2.24) is 0 Å². The molecule has 24 heavy (non-hydrogen) atoms. The zero-order valence-electron chi connectivity index (χ0n) is 16.1. The standard InChI is InChI=1S/C20H40O4/c1-3-5-7-9-11-15-21-19-23-17-13-14-18-24-20-22-16-12-10-8-6-4-2/h13-14H,3-12,15-20H2,1-2H3/b14-13+. The van der Waals surface area contributed by atoms with Crippen molar-refractivity contribution in [3.05, 3.63) is 12.2 Å². The van der Waals surface area contributed by atoms with Gasteiger partial charge in [0.15, 0.2) is 0 Å². The van der Waals surface area contributed by atoms with E-state index in [1.54, 1.807) is 0 Å². The summed E-state index contributed by atoms with van der Waals surface area (Å²) in [7, 11) is 0. The minimum Gasteiger partial charge on any atom is -0.355 e. The predicted octanol–water partition coefficient (Wildman–Crippen LogP) is 5.46. The van der Waals surface area contributed by atoms with Gasteiger partial charge in [-0.25, -0.2) is 0 Å². The molecule has 0 atom stereocenters. The molecule has 0 aromatic carbocycles. The highest BCUT2D eigenvalue weighted by molar-refractivity contribution is 4.80. The van der Waals surface area contributed by atoms with E-state index in [4.69, 9.17) is 18.9 Å². The lowest BCUT2D eigenvalue weighted by Crippen LogP contribution is -2.03. The van der Waals surface area contributed by atoms with Gasteiger partial charge in [0.2, 0.25) is 0 Å². The van der Waals surface area contributed by atoms with Crippen LogP contribution in [0.1, 0.15) is 78.1 Å². The van der Waals surface area contributed by atoms with Gasteiger partial charge in [0.25, 0.3) is 0 Å². The smallest absolute Gasteiger partial charge is 0.147 e. The Labute approximate surface area is 149 Å². The van der Waals surface area contributed by atoms with Crippen molar-refractivity contribution in [2.75, 3.05) is 40.0 Å². The fourth-order valence-electron chi connectivity index (χ4n) is 2.22. The Bertz CT molecular complexity index is 220. The Kier molecular flexibility index (Phi) is 22.2. The maximum atomic E-state index is 5.41. The largest absolute Gasteiger partial charge is 0.355 e. The summed E-state index contributed by atoms with van der Waals surface area (Å²) in [5.74, 6) is 0. The maximum absolute atomic E-state index is 5.41. The van der Waals surface area contributed by atoms with Crippen LogP contribution in [0.15, 0.2) is 12.2 Å². The topological polar surface area (TPSA) is 36.9 Å². The maximum Gasteiger partial charge on any atom is 0.147 e. The van der Waals surface area contributed by atoms with E-state index in [1.807, 2.05) is 12.2 Å². The first-order valence-corrected chi connectivity index (χ1v) is 9.87. The lowest BCUT2D eigenvalue weighted by Gasteiger charge is -2.04. The van der Waals surface area contributed by atoms with E-state index in [1.165, 1.54) is 51.4 Å². The van der Waals surface area contributed by atoms with Crippen molar-refractivity contribution >= 4 is 0 Å². The van der Waals surface area contributed by atoms with Gasteiger partial charge >= 0.3 is 0 Å². The summed E-state index contributed by atoms with van der Waals surface area (Å²) < 4.78 is 21.5. The molecule has 0 aromatic rings. The fraction of sp³-hybridized carbons (Fsp3) is 0.900. The molecule has 0 aliphatic rings. The molecule has 0 fully saturated rings. The van der Waals surface area contributed by atoms with Crippen LogP contribution in [0.4, 0.5) is 0 Å². The van der Waals surface area contributed by atoms with Crippen molar-refractivity contribution in [1.29, 1.82) is 0 Å². The van der Waals surface area contributed by atoms with Gasteiger partial charge in [-0.2, -0.15) is 0 Å². The molecule has 144 valence electrons. The molecule has 0 saturated carbocycles. The molecule has 0 rings (SSSR count). The Balaban J connectivity index is 3.04. The van der Waals surface area contributed by atoms with Gasteiger partial charge in [-0.15, -0.1) is 0 Å². The van der Waals surface area contributed by atoms with Gasteiger partial charge < -0.3 is 18.9 Å². The molecule has 0 bridgehead atoms. The van der Waals surface area contributed by atoms with Gasteiger partial charge in [0.05, 0.1) is 13.2 Å². The first-order chi connectivity index (χ1) is 11.9. The summed E-state index contributed by atoms with van der Waals surface area (Å²) >= 11 is 0. The highest BCUT2D eigenvalue weighted by Gasteiger charge is 1.91. The van der Waals surface area contributed by atoms with Crippen LogP contribution in [-0.2, 0) is 18.9 Å². The average Bonchev–Trinajstić information content (AvgIpc) is 2.60. The number of ether oxygens (including phenoxy) is 4. The summed E-state index contributed by atoms with van der Waals surface area (Å²) in [5, 5.41) is 0. The van der Waals surface area contributed by atoms with Crippen LogP contribution in [0.2, 0.25) is 0 Å². The Morgan fingerprint density at radius 3 is 1.33 bits per heavy atom. The van der Waals surface area contributed by atoms with E-state index in [0.717, 1.165) is 26.1 Å². The van der Waals surface area contributed by atoms with Gasteiger partial charge in [-0.1, -0.05) is 77.4 Å². The van der Waals surface area contributed by atoms with E-state index in [0.29, 0.717) is 26.8 Å². The predicted molar refractivity (Wildman–Crippen MR) is 100 cm³/mol. The molecule has 0 N–H and O–H groups in total. The molecule has 0 aliphatic heterocycles. The SMILES string of the molecule is CCCCCCCOCOC/C=C/COCOCCCCCCC. The van der Waals surface area contributed by atoms with Crippen LogP contribution in [0, 0.1) is 0 Å². The molecule has 0 amide bonds. The minimum atomic E-state index is 0.375. The summed E-state index contributed by atoms with van der Waals surface area (Å²) in [6, 6.07) is 0. The molecule has 0 spiro atoms. The number of rotatable bonds is 20. The van der Waals surface area contributed by atoms with Gasteiger partial charge in [0, 0.05) is 13.2 Å². The Hall–Kier alpha value is -0.420. The summed E-state index contributed by atoms with van der Waals surface area (Å²) in [5.41, 5.74) is 0. The van der Waals surface area contributed by atoms with Crippen LogP contribution in [-0.4, -0.2) is 40.0 Å². The van der Waals surface area contributed by atoms with Crippen molar-refractivity contribution < 1.29 is 18.9 Å². The van der Waals surface area contributed by atoms with E-state index in [-0.39, 0.29) is 0 Å². The van der Waals surface area contributed by atoms with E-state index in [2.05, 4.69) is 13.8 Å². The highest BCUT2D eigenvalue weighted by Crippen LogP contribution is 2.03. The lowest BCUT2D eigenvalue weighted by molar-refractivity contribution is -0.0480. The van der Waals surface area contributed by atoms with Crippen LogP contribution in [0.3, 0.4) is 0 Å². The van der Waals surface area contributed by atoms with Gasteiger partial charge in [-0.3, -0.25) is 0 Å². The molecule has 0 heterocycles. The zero-order valence-corrected chi connectivity index (χ0v) is 16.1. The summed E-state index contributed by atoms with van der Waals surface area (Å²) in [6.45, 7) is 7.94. The van der Waals surface area contributed by atoms with Crippen molar-refractivity contribution in [3.8, 4) is 0 Å². The molecule has 0 unspecified atom stereocenters. The van der Waals surface area contributed by atoms with E-state index < -0.39 is 0 Å². The third-order valence-corrected chi connectivity index (χ3v) is 3.71. The second-order valence-electron chi connectivity index (χ2n) is 6.09. The van der Waals surface area contributed by atoms with Crippen LogP contribution in [0.5, 0.6) is 0 Å². The highest BCUT2D eigenvalue weighted by atomic mass is 16.7. The number of hydrogen-bond donors (Lipinski definition) is 0. The van der Waals surface area contributed by atoms with Gasteiger partial charge in [0.1, 0.15) is 13.6 Å². The van der Waals surface area contributed by atoms with Crippen LogP contribution < -0.4 is 0 Å². The molecule has 4 heteroatoms. The van der Waals surface area contributed by atoms with Gasteiger partial charge in [-0.05, 0) is 12.8 Å². The number of unbranched alkanes of at least 4 members (excludes halogenated alkanes) is 8. The van der Waals surface area contributed by atoms with Crippen molar-refractivity contribution in [2.45, 2.75) is 78.1 Å². The average molecular weight is 345 g/mol. The molecule has 0 aliphatic carbocycles. The Morgan fingerprint density at radius 1 is 0.500 bits per heavy atom. The molecule has 0 saturated heterocycles. The van der Waals surface area contributed by atoms with Crippen LogP contribution in [0.25, 0.3) is 0 Å². The fourth-order valence-corrected chi connectivity index (χ4v) is 2.22.